The van der Waals surface area contributed by atoms with E-state index in [1.54, 1.807) is 0 Å². The molecule has 2 heterocycles. The second kappa shape index (κ2) is 6.85. The predicted molar refractivity (Wildman–Crippen MR) is 107 cm³/mol. The summed E-state index contributed by atoms with van der Waals surface area (Å²) in [4.78, 5) is 18.3. The molecule has 0 saturated carbocycles. The van der Waals surface area contributed by atoms with Crippen molar-refractivity contribution in [2.24, 2.45) is 0 Å². The number of thiophene rings is 1. The van der Waals surface area contributed by atoms with Crippen molar-refractivity contribution in [2.45, 2.75) is 6.92 Å². The maximum atomic E-state index is 13.0. The van der Waals surface area contributed by atoms with Crippen LogP contribution in [0.5, 0.6) is 5.75 Å². The molecule has 0 aliphatic rings. The molecule has 4 rings (SSSR count). The lowest BCUT2D eigenvalue weighted by Gasteiger charge is -2.04. The largest absolute Gasteiger partial charge is 0.494 e. The molecule has 0 spiro atoms. The van der Waals surface area contributed by atoms with Gasteiger partial charge in [-0.3, -0.25) is 4.79 Å². The summed E-state index contributed by atoms with van der Waals surface area (Å²) >= 11 is 1.23. The molecule has 0 radical (unpaired) electrons. The smallest absolute Gasteiger partial charge is 0.267 e. The van der Waals surface area contributed by atoms with Crippen LogP contribution in [0.3, 0.4) is 0 Å². The van der Waals surface area contributed by atoms with Crippen LogP contribution in [0.25, 0.3) is 21.1 Å². The Hall–Kier alpha value is -3.19. The topological polar surface area (TPSA) is 77.2 Å². The molecule has 0 aliphatic heterocycles. The van der Waals surface area contributed by atoms with Gasteiger partial charge in [-0.15, -0.1) is 11.3 Å². The van der Waals surface area contributed by atoms with Gasteiger partial charge in [0.05, 0.1) is 17.8 Å². The number of ether oxygens (including phenoxy) is 1. The first-order chi connectivity index (χ1) is 13.0. The average molecular weight is 381 g/mol. The molecule has 1 amide bonds. The van der Waals surface area contributed by atoms with Gasteiger partial charge in [0.2, 0.25) is 0 Å². The molecule has 0 atom stereocenters. The van der Waals surface area contributed by atoms with Gasteiger partial charge in [-0.25, -0.2) is 9.37 Å². The van der Waals surface area contributed by atoms with Crippen LogP contribution >= 0.6 is 11.3 Å². The number of nitrogens with one attached hydrogen (secondary N) is 1. The van der Waals surface area contributed by atoms with Crippen molar-refractivity contribution in [3.8, 4) is 5.75 Å². The van der Waals surface area contributed by atoms with Crippen LogP contribution in [0.1, 0.15) is 16.6 Å². The normalized spacial score (nSPS) is 11.0. The SMILES string of the molecule is CCOc1ccc2cc3c(N)c(C(=O)Nc4ccc(F)cc4)sc3nc2c1. The van der Waals surface area contributed by atoms with Gasteiger partial charge in [-0.1, -0.05) is 0 Å². The lowest BCUT2D eigenvalue weighted by atomic mass is 10.1. The molecule has 4 aromatic rings. The molecule has 0 saturated heterocycles. The van der Waals surface area contributed by atoms with Crippen LogP contribution in [-0.4, -0.2) is 17.5 Å². The molecule has 3 N–H and O–H groups in total. The first-order valence-corrected chi connectivity index (χ1v) is 9.19. The van der Waals surface area contributed by atoms with Crippen LogP contribution in [0.15, 0.2) is 48.5 Å². The standard InChI is InChI=1S/C20H16FN3O2S/c1-2-26-14-8-3-11-9-15-17(22)18(27-20(15)24-16(11)10-14)19(25)23-13-6-4-12(21)5-7-13/h3-10H,2,22H2,1H3,(H,23,25). The van der Waals surface area contributed by atoms with Crippen LogP contribution in [0, 0.1) is 5.82 Å². The molecule has 27 heavy (non-hydrogen) atoms. The number of fused-ring (bicyclic) bond motifs is 2. The van der Waals surface area contributed by atoms with Gasteiger partial charge in [-0.2, -0.15) is 0 Å². The first kappa shape index (κ1) is 17.2. The molecule has 5 nitrogen and oxygen atoms in total. The van der Waals surface area contributed by atoms with Crippen LogP contribution in [-0.2, 0) is 0 Å². The van der Waals surface area contributed by atoms with Gasteiger partial charge in [0.1, 0.15) is 21.3 Å². The summed E-state index contributed by atoms with van der Waals surface area (Å²) < 4.78 is 18.5. The number of nitrogens with zero attached hydrogens (tertiary/aromatic N) is 1. The Kier molecular flexibility index (Phi) is 4.37. The fraction of sp³-hybridized carbons (Fsp3) is 0.100. The van der Waals surface area contributed by atoms with Gasteiger partial charge >= 0.3 is 0 Å². The molecule has 7 heteroatoms. The van der Waals surface area contributed by atoms with Crippen molar-refractivity contribution in [2.75, 3.05) is 17.7 Å². The predicted octanol–water partition coefficient (Wildman–Crippen LogP) is 4.82. The van der Waals surface area contributed by atoms with Crippen LogP contribution < -0.4 is 15.8 Å². The Morgan fingerprint density at radius 1 is 1.22 bits per heavy atom. The molecular formula is C20H16FN3O2S. The number of nitrogen functional groups attached to an aromatic ring is 1. The van der Waals surface area contributed by atoms with E-state index in [0.717, 1.165) is 22.0 Å². The van der Waals surface area contributed by atoms with Crippen LogP contribution in [0.2, 0.25) is 0 Å². The number of hydrogen-bond acceptors (Lipinski definition) is 5. The van der Waals surface area contributed by atoms with Crippen molar-refractivity contribution in [3.05, 3.63) is 59.2 Å². The molecule has 0 fully saturated rings. The number of amides is 1. The van der Waals surface area contributed by atoms with Crippen molar-refractivity contribution >= 4 is 49.7 Å². The number of aromatic nitrogens is 1. The monoisotopic (exact) mass is 381 g/mol. The van der Waals surface area contributed by atoms with E-state index in [4.69, 9.17) is 10.5 Å². The minimum Gasteiger partial charge on any atom is -0.494 e. The maximum Gasteiger partial charge on any atom is 0.267 e. The minimum atomic E-state index is -0.364. The zero-order valence-corrected chi connectivity index (χ0v) is 15.3. The van der Waals surface area contributed by atoms with Crippen molar-refractivity contribution in [1.82, 2.24) is 4.98 Å². The van der Waals surface area contributed by atoms with E-state index in [0.29, 0.717) is 27.7 Å². The molecule has 2 aromatic carbocycles. The number of carbonyl (C=O) groups excluding carboxylic acids is 1. The summed E-state index contributed by atoms with van der Waals surface area (Å²) in [6, 6.07) is 13.2. The van der Waals surface area contributed by atoms with E-state index in [1.807, 2.05) is 31.2 Å². The number of benzene rings is 2. The van der Waals surface area contributed by atoms with Crippen molar-refractivity contribution < 1.29 is 13.9 Å². The summed E-state index contributed by atoms with van der Waals surface area (Å²) in [6.45, 7) is 2.50. The summed E-state index contributed by atoms with van der Waals surface area (Å²) in [5.74, 6) is 0.0357. The fourth-order valence-corrected chi connectivity index (χ4v) is 3.80. The zero-order chi connectivity index (χ0) is 19.0. The van der Waals surface area contributed by atoms with E-state index < -0.39 is 0 Å². The van der Waals surface area contributed by atoms with E-state index in [1.165, 1.54) is 35.6 Å². The number of hydrogen-bond donors (Lipinski definition) is 2. The van der Waals surface area contributed by atoms with E-state index in [9.17, 15) is 9.18 Å². The highest BCUT2D eigenvalue weighted by Crippen LogP contribution is 2.35. The Labute approximate surface area is 158 Å². The minimum absolute atomic E-state index is 0.346. The van der Waals surface area contributed by atoms with Gasteiger partial charge in [0.25, 0.3) is 5.91 Å². The number of carbonyl (C=O) groups is 1. The molecular weight excluding hydrogens is 365 g/mol. The second-order valence-electron chi connectivity index (χ2n) is 5.93. The van der Waals surface area contributed by atoms with Crippen LogP contribution in [0.4, 0.5) is 15.8 Å². The van der Waals surface area contributed by atoms with E-state index in [2.05, 4.69) is 10.3 Å². The van der Waals surface area contributed by atoms with Crippen molar-refractivity contribution in [3.63, 3.8) is 0 Å². The third-order valence-electron chi connectivity index (χ3n) is 4.11. The van der Waals surface area contributed by atoms with E-state index in [-0.39, 0.29) is 11.7 Å². The number of pyridine rings is 1. The lowest BCUT2D eigenvalue weighted by molar-refractivity contribution is 0.103. The number of halogens is 1. The Balaban J connectivity index is 1.72. The summed E-state index contributed by atoms with van der Waals surface area (Å²) in [5, 5.41) is 4.39. The van der Waals surface area contributed by atoms with Gasteiger partial charge in [0, 0.05) is 22.5 Å². The summed E-state index contributed by atoms with van der Waals surface area (Å²) in [7, 11) is 0. The molecule has 2 aromatic heterocycles. The highest BCUT2D eigenvalue weighted by Gasteiger charge is 2.18. The van der Waals surface area contributed by atoms with Gasteiger partial charge in [-0.05, 0) is 49.4 Å². The number of nitrogens with two attached hydrogens (primary N) is 1. The van der Waals surface area contributed by atoms with Gasteiger partial charge in [0.15, 0.2) is 0 Å². The Bertz CT molecular complexity index is 1160. The Morgan fingerprint density at radius 2 is 2.00 bits per heavy atom. The molecule has 0 bridgehead atoms. The van der Waals surface area contributed by atoms with Crippen molar-refractivity contribution in [1.29, 1.82) is 0 Å². The molecule has 136 valence electrons. The second-order valence-corrected chi connectivity index (χ2v) is 6.93. The molecule has 0 unspecified atom stereocenters. The highest BCUT2D eigenvalue weighted by molar-refractivity contribution is 7.21. The number of rotatable bonds is 4. The summed E-state index contributed by atoms with van der Waals surface area (Å²) in [6.07, 6.45) is 0. The van der Waals surface area contributed by atoms with Gasteiger partial charge < -0.3 is 15.8 Å². The third kappa shape index (κ3) is 3.29. The fourth-order valence-electron chi connectivity index (χ4n) is 2.82. The maximum absolute atomic E-state index is 13.0. The van der Waals surface area contributed by atoms with E-state index >= 15 is 0 Å². The highest BCUT2D eigenvalue weighted by atomic mass is 32.1. The molecule has 0 aliphatic carbocycles. The Morgan fingerprint density at radius 3 is 2.74 bits per heavy atom. The zero-order valence-electron chi connectivity index (χ0n) is 14.5. The first-order valence-electron chi connectivity index (χ1n) is 8.37. The summed E-state index contributed by atoms with van der Waals surface area (Å²) in [5.41, 5.74) is 7.87. The third-order valence-corrected chi connectivity index (χ3v) is 5.22. The number of anilines is 2. The quantitative estimate of drug-likeness (QED) is 0.531. The average Bonchev–Trinajstić information content (AvgIpc) is 2.98. The lowest BCUT2D eigenvalue weighted by Crippen LogP contribution is -2.11.